The zero-order valence-electron chi connectivity index (χ0n) is 12.7. The Kier molecular flexibility index (Phi) is 3.43. The van der Waals surface area contributed by atoms with Crippen molar-refractivity contribution in [2.24, 2.45) is 0 Å². The van der Waals surface area contributed by atoms with Crippen LogP contribution in [-0.2, 0) is 0 Å². The molecule has 2 nitrogen and oxygen atoms in total. The molecule has 1 aliphatic rings. The molecule has 0 saturated heterocycles. The van der Waals surface area contributed by atoms with Crippen LogP contribution in [0.25, 0.3) is 10.8 Å². The minimum absolute atomic E-state index is 0.0397. The molecule has 0 unspecified atom stereocenters. The van der Waals surface area contributed by atoms with E-state index in [1.165, 1.54) is 4.90 Å². The molecular weight excluding hydrogens is 302 g/mol. The van der Waals surface area contributed by atoms with Crippen molar-refractivity contribution < 1.29 is 4.79 Å². The summed E-state index contributed by atoms with van der Waals surface area (Å²) in [5.41, 5.74) is 1.87. The third-order valence-electron chi connectivity index (χ3n) is 4.06. The number of rotatable bonds is 2. The largest absolute Gasteiger partial charge is 0.338 e. The molecule has 0 amide bonds. The average molecular weight is 317 g/mol. The summed E-state index contributed by atoms with van der Waals surface area (Å²) in [5.74, 6) is 0.0397. The molecule has 0 spiro atoms. The summed E-state index contributed by atoms with van der Waals surface area (Å²) in [5, 5.41) is 3.20. The zero-order chi connectivity index (χ0) is 15.8. The molecular formula is C20H15NOS. The molecule has 0 N–H and O–H groups in total. The van der Waals surface area contributed by atoms with Gasteiger partial charge in [-0.1, -0.05) is 60.3 Å². The van der Waals surface area contributed by atoms with E-state index < -0.39 is 0 Å². The molecule has 4 rings (SSSR count). The third-order valence-corrected chi connectivity index (χ3v) is 5.23. The number of allylic oxidation sites excluding steroid dienone is 1. The summed E-state index contributed by atoms with van der Waals surface area (Å²) < 4.78 is 0. The number of para-hydroxylation sites is 1. The van der Waals surface area contributed by atoms with Crippen LogP contribution in [0.5, 0.6) is 0 Å². The van der Waals surface area contributed by atoms with E-state index in [1.807, 2.05) is 55.6 Å². The van der Waals surface area contributed by atoms with Gasteiger partial charge in [0.15, 0.2) is 5.78 Å². The maximum atomic E-state index is 12.6. The molecule has 0 aliphatic carbocycles. The fourth-order valence-corrected chi connectivity index (χ4v) is 3.87. The van der Waals surface area contributed by atoms with Gasteiger partial charge in [-0.25, -0.2) is 0 Å². The lowest BCUT2D eigenvalue weighted by Gasteiger charge is -2.13. The molecule has 0 aromatic heterocycles. The Morgan fingerprint density at radius 1 is 0.957 bits per heavy atom. The van der Waals surface area contributed by atoms with Crippen molar-refractivity contribution in [3.63, 3.8) is 0 Å². The lowest BCUT2D eigenvalue weighted by Crippen LogP contribution is -2.11. The molecule has 23 heavy (non-hydrogen) atoms. The van der Waals surface area contributed by atoms with Crippen molar-refractivity contribution in [1.29, 1.82) is 0 Å². The van der Waals surface area contributed by atoms with Crippen LogP contribution in [0.4, 0.5) is 5.69 Å². The molecule has 1 aliphatic heterocycles. The van der Waals surface area contributed by atoms with E-state index in [0.29, 0.717) is 0 Å². The highest BCUT2D eigenvalue weighted by molar-refractivity contribution is 8.03. The molecule has 0 fully saturated rings. The number of hydrogen-bond donors (Lipinski definition) is 0. The number of carbonyl (C=O) groups is 1. The second kappa shape index (κ2) is 5.60. The monoisotopic (exact) mass is 317 g/mol. The van der Waals surface area contributed by atoms with Gasteiger partial charge < -0.3 is 4.90 Å². The maximum absolute atomic E-state index is 12.6. The van der Waals surface area contributed by atoms with Crippen LogP contribution < -0.4 is 4.90 Å². The summed E-state index contributed by atoms with van der Waals surface area (Å²) in [7, 11) is 2.00. The SMILES string of the molecule is CN1/C(=C/C(=O)c2ccc3ccccc3c2)Sc2ccccc21. The van der Waals surface area contributed by atoms with E-state index in [0.717, 1.165) is 27.1 Å². The first-order chi connectivity index (χ1) is 11.2. The highest BCUT2D eigenvalue weighted by Crippen LogP contribution is 2.44. The second-order valence-electron chi connectivity index (χ2n) is 5.54. The number of nitrogens with zero attached hydrogens (tertiary/aromatic N) is 1. The lowest BCUT2D eigenvalue weighted by molar-refractivity contribution is 0.104. The first-order valence-electron chi connectivity index (χ1n) is 7.48. The van der Waals surface area contributed by atoms with Crippen molar-refractivity contribution in [1.82, 2.24) is 0 Å². The van der Waals surface area contributed by atoms with Crippen molar-refractivity contribution in [2.75, 3.05) is 11.9 Å². The third kappa shape index (κ3) is 2.53. The Morgan fingerprint density at radius 3 is 2.52 bits per heavy atom. The Bertz CT molecular complexity index is 945. The van der Waals surface area contributed by atoms with E-state index in [2.05, 4.69) is 23.1 Å². The summed E-state index contributed by atoms with van der Waals surface area (Å²) in [6.07, 6.45) is 1.73. The first kappa shape index (κ1) is 14.1. The minimum atomic E-state index is 0.0397. The highest BCUT2D eigenvalue weighted by atomic mass is 32.2. The molecule has 1 heterocycles. The van der Waals surface area contributed by atoms with Gasteiger partial charge in [-0.2, -0.15) is 0 Å². The Balaban J connectivity index is 1.67. The maximum Gasteiger partial charge on any atom is 0.188 e. The predicted octanol–water partition coefficient (Wildman–Crippen LogP) is 5.11. The smallest absolute Gasteiger partial charge is 0.188 e. The van der Waals surface area contributed by atoms with Gasteiger partial charge in [0.05, 0.1) is 10.7 Å². The van der Waals surface area contributed by atoms with Crippen LogP contribution in [0.3, 0.4) is 0 Å². The van der Waals surface area contributed by atoms with Gasteiger partial charge in [0.25, 0.3) is 0 Å². The van der Waals surface area contributed by atoms with Gasteiger partial charge in [0.1, 0.15) is 0 Å². The van der Waals surface area contributed by atoms with E-state index in [1.54, 1.807) is 17.8 Å². The predicted molar refractivity (Wildman–Crippen MR) is 97.1 cm³/mol. The van der Waals surface area contributed by atoms with Crippen LogP contribution in [-0.4, -0.2) is 12.8 Å². The van der Waals surface area contributed by atoms with Crippen LogP contribution >= 0.6 is 11.8 Å². The number of benzene rings is 3. The van der Waals surface area contributed by atoms with E-state index >= 15 is 0 Å². The number of anilines is 1. The zero-order valence-corrected chi connectivity index (χ0v) is 13.5. The average Bonchev–Trinajstić information content (AvgIpc) is 2.91. The van der Waals surface area contributed by atoms with Crippen molar-refractivity contribution in [3.05, 3.63) is 83.4 Å². The van der Waals surface area contributed by atoms with Gasteiger partial charge in [0.2, 0.25) is 0 Å². The molecule has 3 heteroatoms. The number of ketones is 1. The minimum Gasteiger partial charge on any atom is -0.338 e. The summed E-state index contributed by atoms with van der Waals surface area (Å²) in [6.45, 7) is 0. The molecule has 112 valence electrons. The van der Waals surface area contributed by atoms with Gasteiger partial charge in [-0.05, 0) is 29.0 Å². The van der Waals surface area contributed by atoms with Gasteiger partial charge in [-0.3, -0.25) is 4.79 Å². The normalized spacial score (nSPS) is 15.2. The number of carbonyl (C=O) groups excluding carboxylic acids is 1. The summed E-state index contributed by atoms with van der Waals surface area (Å²) >= 11 is 1.64. The number of fused-ring (bicyclic) bond motifs is 2. The van der Waals surface area contributed by atoms with Gasteiger partial charge in [-0.15, -0.1) is 0 Å². The Labute approximate surface area is 139 Å². The second-order valence-corrected chi connectivity index (χ2v) is 6.60. The highest BCUT2D eigenvalue weighted by Gasteiger charge is 2.22. The Morgan fingerprint density at radius 2 is 1.70 bits per heavy atom. The lowest BCUT2D eigenvalue weighted by atomic mass is 10.0. The molecule has 0 saturated carbocycles. The van der Waals surface area contributed by atoms with Crippen LogP contribution in [0, 0.1) is 0 Å². The summed E-state index contributed by atoms with van der Waals surface area (Å²) in [6, 6.07) is 22.1. The van der Waals surface area contributed by atoms with E-state index in [4.69, 9.17) is 0 Å². The fraction of sp³-hybridized carbons (Fsp3) is 0.0500. The Hall–Kier alpha value is -2.52. The number of hydrogen-bond acceptors (Lipinski definition) is 3. The molecule has 3 aromatic carbocycles. The van der Waals surface area contributed by atoms with Crippen molar-refractivity contribution in [3.8, 4) is 0 Å². The summed E-state index contributed by atoms with van der Waals surface area (Å²) in [4.78, 5) is 15.9. The fourth-order valence-electron chi connectivity index (χ4n) is 2.78. The van der Waals surface area contributed by atoms with Crippen molar-refractivity contribution >= 4 is 34.0 Å². The molecule has 0 radical (unpaired) electrons. The quantitative estimate of drug-likeness (QED) is 0.484. The van der Waals surface area contributed by atoms with Gasteiger partial charge in [0, 0.05) is 23.6 Å². The van der Waals surface area contributed by atoms with E-state index in [9.17, 15) is 4.79 Å². The standard InChI is InChI=1S/C20H15NOS/c1-21-17-8-4-5-9-19(17)23-20(21)13-18(22)16-11-10-14-6-2-3-7-15(14)12-16/h2-13H,1H3/b20-13-. The molecule has 0 bridgehead atoms. The van der Waals surface area contributed by atoms with Crippen LogP contribution in [0.1, 0.15) is 10.4 Å². The van der Waals surface area contributed by atoms with Crippen LogP contribution in [0.15, 0.2) is 82.7 Å². The van der Waals surface area contributed by atoms with Crippen LogP contribution in [0.2, 0.25) is 0 Å². The van der Waals surface area contributed by atoms with Crippen molar-refractivity contribution in [2.45, 2.75) is 4.90 Å². The topological polar surface area (TPSA) is 20.3 Å². The van der Waals surface area contributed by atoms with Gasteiger partial charge >= 0.3 is 0 Å². The first-order valence-corrected chi connectivity index (χ1v) is 8.29. The molecule has 3 aromatic rings. The van der Waals surface area contributed by atoms with E-state index in [-0.39, 0.29) is 5.78 Å². The number of thioether (sulfide) groups is 1. The molecule has 0 atom stereocenters.